The van der Waals surface area contributed by atoms with Crippen LogP contribution in [-0.4, -0.2) is 76.1 Å². The summed E-state index contributed by atoms with van der Waals surface area (Å²) in [7, 11) is 7.16. The molecule has 1 aliphatic rings. The zero-order chi connectivity index (χ0) is 23.1. The second-order valence-corrected chi connectivity index (χ2v) is 8.16. The lowest BCUT2D eigenvalue weighted by Gasteiger charge is -2.22. The number of hydrogen-bond acceptors (Lipinski definition) is 5. The number of carbonyl (C=O) groups excluding carboxylic acids is 2. The number of rotatable bonds is 7. The second-order valence-electron chi connectivity index (χ2n) is 8.16. The summed E-state index contributed by atoms with van der Waals surface area (Å²) >= 11 is 0. The Morgan fingerprint density at radius 2 is 1.53 bits per heavy atom. The van der Waals surface area contributed by atoms with Crippen molar-refractivity contribution >= 4 is 17.5 Å². The smallest absolute Gasteiger partial charge is 0.253 e. The standard InChI is InChI=1S/C25H33N3O4/c1-26(2)21-10-8-20(9-11-21)25(30)28-15-5-14-27(16-17-28)24(29)13-7-19-6-12-22(31-3)23(18-19)32-4/h6,8-12,18H,5,7,13-17H2,1-4H3. The molecule has 2 aromatic carbocycles. The third kappa shape index (κ3) is 5.72. The van der Waals surface area contributed by atoms with E-state index < -0.39 is 0 Å². The maximum atomic E-state index is 12.9. The molecule has 0 aromatic heterocycles. The Balaban J connectivity index is 1.54. The van der Waals surface area contributed by atoms with E-state index in [0.29, 0.717) is 56.1 Å². The molecule has 7 nitrogen and oxygen atoms in total. The molecule has 172 valence electrons. The molecule has 0 radical (unpaired) electrons. The first-order valence-corrected chi connectivity index (χ1v) is 11.0. The van der Waals surface area contributed by atoms with E-state index in [-0.39, 0.29) is 11.8 Å². The summed E-state index contributed by atoms with van der Waals surface area (Å²) in [5.41, 5.74) is 2.77. The maximum absolute atomic E-state index is 12.9. The lowest BCUT2D eigenvalue weighted by Crippen LogP contribution is -2.37. The highest BCUT2D eigenvalue weighted by atomic mass is 16.5. The van der Waals surface area contributed by atoms with Gasteiger partial charge in [0, 0.05) is 57.9 Å². The lowest BCUT2D eigenvalue weighted by atomic mass is 10.1. The van der Waals surface area contributed by atoms with Gasteiger partial charge in [0.25, 0.3) is 5.91 Å². The fraction of sp³-hybridized carbons (Fsp3) is 0.440. The Morgan fingerprint density at radius 1 is 0.875 bits per heavy atom. The van der Waals surface area contributed by atoms with E-state index in [2.05, 4.69) is 0 Å². The number of amides is 2. The van der Waals surface area contributed by atoms with Crippen molar-refractivity contribution in [2.24, 2.45) is 0 Å². The van der Waals surface area contributed by atoms with Crippen molar-refractivity contribution in [1.82, 2.24) is 9.80 Å². The molecular weight excluding hydrogens is 406 g/mol. The Labute approximate surface area is 190 Å². The van der Waals surface area contributed by atoms with Gasteiger partial charge in [0.1, 0.15) is 0 Å². The van der Waals surface area contributed by atoms with Crippen LogP contribution in [0.5, 0.6) is 11.5 Å². The molecular formula is C25H33N3O4. The number of carbonyl (C=O) groups is 2. The minimum atomic E-state index is 0.0231. The van der Waals surface area contributed by atoms with E-state index in [1.165, 1.54) is 0 Å². The zero-order valence-corrected chi connectivity index (χ0v) is 19.5. The van der Waals surface area contributed by atoms with Gasteiger partial charge in [-0.15, -0.1) is 0 Å². The van der Waals surface area contributed by atoms with Crippen LogP contribution in [0.25, 0.3) is 0 Å². The highest BCUT2D eigenvalue weighted by Gasteiger charge is 2.23. The fourth-order valence-electron chi connectivity index (χ4n) is 3.90. The van der Waals surface area contributed by atoms with Crippen LogP contribution >= 0.6 is 0 Å². The average Bonchev–Trinajstić information content (AvgIpc) is 3.08. The average molecular weight is 440 g/mol. The van der Waals surface area contributed by atoms with Crippen LogP contribution in [0.15, 0.2) is 42.5 Å². The summed E-state index contributed by atoms with van der Waals surface area (Å²) in [6.45, 7) is 2.45. The van der Waals surface area contributed by atoms with Crippen LogP contribution in [0.1, 0.15) is 28.8 Å². The molecule has 0 aliphatic carbocycles. The Bertz CT molecular complexity index is 927. The van der Waals surface area contributed by atoms with E-state index in [1.807, 2.05) is 71.3 Å². The van der Waals surface area contributed by atoms with Crippen molar-refractivity contribution in [3.05, 3.63) is 53.6 Å². The van der Waals surface area contributed by atoms with Crippen molar-refractivity contribution in [1.29, 1.82) is 0 Å². The molecule has 0 bridgehead atoms. The first kappa shape index (κ1) is 23.4. The molecule has 7 heteroatoms. The molecule has 3 rings (SSSR count). The van der Waals surface area contributed by atoms with Crippen molar-refractivity contribution in [2.45, 2.75) is 19.3 Å². The SMILES string of the molecule is COc1ccc(CCC(=O)N2CCCN(C(=O)c3ccc(N(C)C)cc3)CC2)cc1OC. The summed E-state index contributed by atoms with van der Waals surface area (Å²) in [5, 5.41) is 0. The Morgan fingerprint density at radius 3 is 2.19 bits per heavy atom. The van der Waals surface area contributed by atoms with E-state index in [0.717, 1.165) is 17.7 Å². The van der Waals surface area contributed by atoms with Gasteiger partial charge in [0.2, 0.25) is 5.91 Å². The predicted octanol–water partition coefficient (Wildman–Crippen LogP) is 3.08. The molecule has 32 heavy (non-hydrogen) atoms. The normalized spacial score (nSPS) is 14.0. The summed E-state index contributed by atoms with van der Waals surface area (Å²) in [6.07, 6.45) is 1.84. The molecule has 2 aromatic rings. The number of benzene rings is 2. The molecule has 1 saturated heterocycles. The summed E-state index contributed by atoms with van der Waals surface area (Å²) in [4.78, 5) is 31.5. The van der Waals surface area contributed by atoms with E-state index in [1.54, 1.807) is 14.2 Å². The van der Waals surface area contributed by atoms with Crippen molar-refractivity contribution in [2.75, 3.05) is 59.4 Å². The van der Waals surface area contributed by atoms with Gasteiger partial charge in [-0.2, -0.15) is 0 Å². The number of hydrogen-bond donors (Lipinski definition) is 0. The number of anilines is 1. The molecule has 0 spiro atoms. The molecule has 2 amide bonds. The van der Waals surface area contributed by atoms with Crippen molar-refractivity contribution in [3.8, 4) is 11.5 Å². The molecule has 1 aliphatic heterocycles. The fourth-order valence-corrected chi connectivity index (χ4v) is 3.90. The summed E-state index contributed by atoms with van der Waals surface area (Å²) in [6, 6.07) is 13.4. The zero-order valence-electron chi connectivity index (χ0n) is 19.5. The Hall–Kier alpha value is -3.22. The van der Waals surface area contributed by atoms with Crippen LogP contribution in [0.3, 0.4) is 0 Å². The monoisotopic (exact) mass is 439 g/mol. The summed E-state index contributed by atoms with van der Waals surface area (Å²) in [5.74, 6) is 1.48. The highest BCUT2D eigenvalue weighted by Crippen LogP contribution is 2.28. The third-order valence-corrected chi connectivity index (χ3v) is 5.84. The number of methoxy groups -OCH3 is 2. The predicted molar refractivity (Wildman–Crippen MR) is 126 cm³/mol. The topological polar surface area (TPSA) is 62.3 Å². The number of aryl methyl sites for hydroxylation is 1. The van der Waals surface area contributed by atoms with Gasteiger partial charge in [-0.05, 0) is 54.8 Å². The summed E-state index contributed by atoms with van der Waals surface area (Å²) < 4.78 is 10.6. The van der Waals surface area contributed by atoms with Gasteiger partial charge < -0.3 is 24.2 Å². The van der Waals surface area contributed by atoms with E-state index >= 15 is 0 Å². The van der Waals surface area contributed by atoms with Crippen LogP contribution in [0, 0.1) is 0 Å². The number of nitrogens with zero attached hydrogens (tertiary/aromatic N) is 3. The van der Waals surface area contributed by atoms with Gasteiger partial charge in [0.05, 0.1) is 14.2 Å². The molecule has 0 N–H and O–H groups in total. The third-order valence-electron chi connectivity index (χ3n) is 5.84. The maximum Gasteiger partial charge on any atom is 0.253 e. The number of ether oxygens (including phenoxy) is 2. The van der Waals surface area contributed by atoms with E-state index in [9.17, 15) is 9.59 Å². The first-order valence-electron chi connectivity index (χ1n) is 11.0. The van der Waals surface area contributed by atoms with Gasteiger partial charge in [-0.1, -0.05) is 6.07 Å². The lowest BCUT2D eigenvalue weighted by molar-refractivity contribution is -0.131. The van der Waals surface area contributed by atoms with E-state index in [4.69, 9.17) is 9.47 Å². The highest BCUT2D eigenvalue weighted by molar-refractivity contribution is 5.94. The van der Waals surface area contributed by atoms with Gasteiger partial charge >= 0.3 is 0 Å². The molecule has 1 fully saturated rings. The molecule has 1 heterocycles. The minimum Gasteiger partial charge on any atom is -0.493 e. The van der Waals surface area contributed by atoms with Gasteiger partial charge in [0.15, 0.2) is 11.5 Å². The first-order chi connectivity index (χ1) is 15.4. The second kappa shape index (κ2) is 10.9. The van der Waals surface area contributed by atoms with Crippen LogP contribution < -0.4 is 14.4 Å². The molecule has 0 atom stereocenters. The quantitative estimate of drug-likeness (QED) is 0.664. The Kier molecular flexibility index (Phi) is 7.98. The van der Waals surface area contributed by atoms with Crippen LogP contribution in [0.4, 0.5) is 5.69 Å². The van der Waals surface area contributed by atoms with Gasteiger partial charge in [-0.25, -0.2) is 0 Å². The van der Waals surface area contributed by atoms with Crippen molar-refractivity contribution in [3.63, 3.8) is 0 Å². The minimum absolute atomic E-state index is 0.0231. The molecule has 0 unspecified atom stereocenters. The van der Waals surface area contributed by atoms with Crippen LogP contribution in [-0.2, 0) is 11.2 Å². The molecule has 0 saturated carbocycles. The van der Waals surface area contributed by atoms with Crippen LogP contribution in [0.2, 0.25) is 0 Å². The largest absolute Gasteiger partial charge is 0.493 e. The van der Waals surface area contributed by atoms with Crippen molar-refractivity contribution < 1.29 is 19.1 Å². The van der Waals surface area contributed by atoms with Gasteiger partial charge in [-0.3, -0.25) is 9.59 Å².